The topological polar surface area (TPSA) is 97.5 Å². The van der Waals surface area contributed by atoms with E-state index in [1.807, 2.05) is 0 Å². The van der Waals surface area contributed by atoms with E-state index in [4.69, 9.17) is 5.14 Å². The number of nitrogens with two attached hydrogens (primary N) is 1. The van der Waals surface area contributed by atoms with Gasteiger partial charge >= 0.3 is 0 Å². The van der Waals surface area contributed by atoms with Gasteiger partial charge in [-0.15, -0.1) is 0 Å². The van der Waals surface area contributed by atoms with Gasteiger partial charge < -0.3 is 0 Å². The molecule has 0 saturated carbocycles. The summed E-state index contributed by atoms with van der Waals surface area (Å²) in [4.78, 5) is -0.382. The predicted octanol–water partition coefficient (Wildman–Crippen LogP) is 2.94. The molecule has 6 nitrogen and oxygen atoms in total. The quantitative estimate of drug-likeness (QED) is 0.616. The average molecular weight is 424 g/mol. The number of hydrogen-bond acceptors (Lipinski definition) is 4. The molecule has 0 unspecified atom stereocenters. The number of benzene rings is 3. The second-order valence-corrected chi connectivity index (χ2v) is 8.14. The van der Waals surface area contributed by atoms with Crippen LogP contribution in [0.4, 0.5) is 20.2 Å². The van der Waals surface area contributed by atoms with Gasteiger partial charge in [-0.3, -0.25) is 0 Å². The van der Waals surface area contributed by atoms with Gasteiger partial charge in [-0.25, -0.2) is 35.1 Å². The second kappa shape index (κ2) is 7.66. The minimum absolute atomic E-state index is 0.0593. The van der Waals surface area contributed by atoms with Gasteiger partial charge in [0.25, 0.3) is 0 Å². The van der Waals surface area contributed by atoms with Gasteiger partial charge in [0.05, 0.1) is 11.4 Å². The van der Waals surface area contributed by atoms with Gasteiger partial charge in [0.15, 0.2) is 0 Å². The Labute approximate surface area is 162 Å². The molecule has 146 valence electrons. The van der Waals surface area contributed by atoms with Crippen molar-refractivity contribution >= 4 is 32.3 Å². The first-order chi connectivity index (χ1) is 13.2. The molecule has 28 heavy (non-hydrogen) atoms. The molecule has 3 rings (SSSR count). The fourth-order valence-electron chi connectivity index (χ4n) is 2.72. The number of sulfonamides is 1. The minimum Gasteiger partial charge on any atom is -0.239 e. The molecule has 10 heteroatoms. The third-order valence-electron chi connectivity index (χ3n) is 3.90. The van der Waals surface area contributed by atoms with Gasteiger partial charge in [0, 0.05) is 11.6 Å². The molecule has 0 spiro atoms. The fourth-order valence-corrected chi connectivity index (χ4v) is 4.17. The summed E-state index contributed by atoms with van der Waals surface area (Å²) >= 11 is 0. The highest BCUT2D eigenvalue weighted by Crippen LogP contribution is 2.34. The first-order valence-corrected chi connectivity index (χ1v) is 10.5. The SMILES string of the molecule is NS(=O)(=O)c1ccccc1N(c1cccc(-c2ccc(F)cc2F)c1)[SH](=O)=O. The number of hydrogen-bond donors (Lipinski definition) is 2. The summed E-state index contributed by atoms with van der Waals surface area (Å²) in [5.41, 5.74) is 0.236. The fraction of sp³-hybridized carbons (Fsp3) is 0. The van der Waals surface area contributed by atoms with Crippen LogP contribution in [0.25, 0.3) is 11.1 Å². The predicted molar refractivity (Wildman–Crippen MR) is 102 cm³/mol. The van der Waals surface area contributed by atoms with E-state index >= 15 is 0 Å². The molecule has 0 aromatic heterocycles. The molecular formula is C18H14F2N2O4S2. The van der Waals surface area contributed by atoms with Gasteiger partial charge in [-0.1, -0.05) is 24.3 Å². The van der Waals surface area contributed by atoms with Crippen molar-refractivity contribution in [2.24, 2.45) is 5.14 Å². The average Bonchev–Trinajstić information content (AvgIpc) is 2.61. The third kappa shape index (κ3) is 4.03. The lowest BCUT2D eigenvalue weighted by Gasteiger charge is -2.21. The van der Waals surface area contributed by atoms with Crippen molar-refractivity contribution in [1.82, 2.24) is 0 Å². The molecule has 0 amide bonds. The first kappa shape index (κ1) is 19.9. The van der Waals surface area contributed by atoms with Crippen LogP contribution in [0.5, 0.6) is 0 Å². The van der Waals surface area contributed by atoms with Crippen molar-refractivity contribution < 1.29 is 25.6 Å². The minimum atomic E-state index is -4.20. The van der Waals surface area contributed by atoms with Crippen LogP contribution < -0.4 is 9.44 Å². The molecule has 0 bridgehead atoms. The smallest absolute Gasteiger partial charge is 0.239 e. The molecule has 0 radical (unpaired) electrons. The number of primary sulfonamides is 1. The van der Waals surface area contributed by atoms with Crippen LogP contribution in [0, 0.1) is 11.6 Å². The Morgan fingerprint density at radius 1 is 0.893 bits per heavy atom. The Bertz CT molecular complexity index is 1220. The Morgan fingerprint density at radius 2 is 1.61 bits per heavy atom. The Kier molecular flexibility index (Phi) is 5.45. The highest BCUT2D eigenvalue weighted by atomic mass is 32.2. The zero-order valence-corrected chi connectivity index (χ0v) is 15.8. The Hall–Kier alpha value is -2.82. The molecule has 0 aliphatic rings. The van der Waals surface area contributed by atoms with Crippen LogP contribution in [0.2, 0.25) is 0 Å². The van der Waals surface area contributed by atoms with Crippen molar-refractivity contribution in [1.29, 1.82) is 0 Å². The summed E-state index contributed by atoms with van der Waals surface area (Å²) in [5, 5.41) is 5.19. The number of anilines is 2. The summed E-state index contributed by atoms with van der Waals surface area (Å²) in [6.07, 6.45) is 0. The van der Waals surface area contributed by atoms with Crippen LogP contribution >= 0.6 is 0 Å². The highest BCUT2D eigenvalue weighted by Gasteiger charge is 2.22. The lowest BCUT2D eigenvalue weighted by Crippen LogP contribution is -2.20. The maximum atomic E-state index is 14.1. The zero-order chi connectivity index (χ0) is 20.5. The van der Waals surface area contributed by atoms with E-state index in [2.05, 4.69) is 0 Å². The summed E-state index contributed by atoms with van der Waals surface area (Å²) in [7, 11) is -7.52. The van der Waals surface area contributed by atoms with E-state index in [0.29, 0.717) is 6.07 Å². The van der Waals surface area contributed by atoms with Crippen LogP contribution in [0.15, 0.2) is 71.6 Å². The molecule has 3 aromatic rings. The second-order valence-electron chi connectivity index (χ2n) is 5.74. The molecule has 0 saturated heterocycles. The zero-order valence-electron chi connectivity index (χ0n) is 14.1. The van der Waals surface area contributed by atoms with E-state index in [1.54, 1.807) is 0 Å². The largest absolute Gasteiger partial charge is 0.240 e. The van der Waals surface area contributed by atoms with Crippen LogP contribution in [-0.2, 0) is 20.9 Å². The lowest BCUT2D eigenvalue weighted by atomic mass is 10.0. The molecule has 0 fully saturated rings. The van der Waals surface area contributed by atoms with Crippen molar-refractivity contribution in [3.63, 3.8) is 0 Å². The van der Waals surface area contributed by atoms with E-state index in [1.165, 1.54) is 54.6 Å². The molecule has 0 atom stereocenters. The summed E-state index contributed by atoms with van der Waals surface area (Å²) in [6.45, 7) is 0. The third-order valence-corrected chi connectivity index (χ3v) is 5.63. The highest BCUT2D eigenvalue weighted by molar-refractivity contribution is 7.89. The molecule has 3 aromatic carbocycles. The van der Waals surface area contributed by atoms with Crippen molar-refractivity contribution in [3.05, 3.63) is 78.4 Å². The van der Waals surface area contributed by atoms with Gasteiger partial charge in [0.1, 0.15) is 16.5 Å². The molecule has 0 aliphatic carbocycles. The molecule has 0 aliphatic heterocycles. The lowest BCUT2D eigenvalue weighted by molar-refractivity contribution is 0.585. The van der Waals surface area contributed by atoms with Crippen molar-refractivity contribution in [3.8, 4) is 11.1 Å². The van der Waals surface area contributed by atoms with Crippen molar-refractivity contribution in [2.45, 2.75) is 4.90 Å². The van der Waals surface area contributed by atoms with Crippen molar-refractivity contribution in [2.75, 3.05) is 4.31 Å². The number of nitrogens with zero attached hydrogens (tertiary/aromatic N) is 1. The molecular weight excluding hydrogens is 410 g/mol. The summed E-state index contributed by atoms with van der Waals surface area (Å²) in [6, 6.07) is 14.1. The monoisotopic (exact) mass is 424 g/mol. The summed E-state index contributed by atoms with van der Waals surface area (Å²) < 4.78 is 75.6. The van der Waals surface area contributed by atoms with E-state index in [9.17, 15) is 25.6 Å². The van der Waals surface area contributed by atoms with E-state index < -0.39 is 32.5 Å². The van der Waals surface area contributed by atoms with Gasteiger partial charge in [-0.05, 0) is 42.0 Å². The van der Waals surface area contributed by atoms with E-state index in [-0.39, 0.29) is 27.4 Å². The molecule has 0 heterocycles. The Morgan fingerprint density at radius 3 is 2.25 bits per heavy atom. The molecule has 2 N–H and O–H groups in total. The van der Waals surface area contributed by atoms with Gasteiger partial charge in [-0.2, -0.15) is 0 Å². The van der Waals surface area contributed by atoms with Crippen LogP contribution in [0.3, 0.4) is 0 Å². The van der Waals surface area contributed by atoms with Gasteiger partial charge in [0.2, 0.25) is 20.9 Å². The number of para-hydroxylation sites is 1. The summed E-state index contributed by atoms with van der Waals surface area (Å²) in [5.74, 6) is -1.57. The Balaban J connectivity index is 2.19. The normalized spacial score (nSPS) is 11.6. The maximum Gasteiger partial charge on any atom is 0.240 e. The maximum absolute atomic E-state index is 14.1. The number of halogens is 2. The van der Waals surface area contributed by atoms with E-state index in [0.717, 1.165) is 10.4 Å². The number of rotatable bonds is 5. The first-order valence-electron chi connectivity index (χ1n) is 7.80. The number of thiol groups is 1. The van der Waals surface area contributed by atoms with Crippen LogP contribution in [0.1, 0.15) is 0 Å². The standard InChI is InChI=1S/C18H14F2N2O4S2/c19-13-8-9-15(16(20)11-13)12-4-3-5-14(10-12)22(27(23)24)17-6-1-2-7-18(17)28(21,25)26/h1-11,27H,(H2,21,25,26). The van der Waals surface area contributed by atoms with Crippen LogP contribution in [-0.4, -0.2) is 16.8 Å².